The summed E-state index contributed by atoms with van der Waals surface area (Å²) in [4.78, 5) is 15.7. The van der Waals surface area contributed by atoms with E-state index in [-0.39, 0.29) is 0 Å². The number of aryl methyl sites for hydroxylation is 2. The van der Waals surface area contributed by atoms with Gasteiger partial charge in [-0.3, -0.25) is 9.20 Å². The van der Waals surface area contributed by atoms with Crippen molar-refractivity contribution < 1.29 is 9.52 Å². The zero-order valence-corrected chi connectivity index (χ0v) is 12.2. The molecular formula is C13H12N4O3S. The van der Waals surface area contributed by atoms with Crippen molar-refractivity contribution >= 4 is 17.4 Å². The number of thioether (sulfide) groups is 1. The summed E-state index contributed by atoms with van der Waals surface area (Å²) in [5.74, 6) is 1.26. The van der Waals surface area contributed by atoms with Gasteiger partial charge in [-0.05, 0) is 13.8 Å². The fraction of sp³-hybridized carbons (Fsp3) is 0.231. The van der Waals surface area contributed by atoms with Crippen molar-refractivity contribution in [3.05, 3.63) is 45.9 Å². The van der Waals surface area contributed by atoms with Gasteiger partial charge in [-0.2, -0.15) is 0 Å². The first kappa shape index (κ1) is 13.6. The molecule has 3 heterocycles. The van der Waals surface area contributed by atoms with E-state index in [1.807, 2.05) is 24.3 Å². The molecule has 0 unspecified atom stereocenters. The third kappa shape index (κ3) is 2.62. The van der Waals surface area contributed by atoms with Crippen LogP contribution in [0.15, 0.2) is 32.8 Å². The molecule has 0 aromatic carbocycles. The smallest absolute Gasteiger partial charge is 0.226 e. The highest BCUT2D eigenvalue weighted by molar-refractivity contribution is 7.98. The van der Waals surface area contributed by atoms with E-state index in [9.17, 15) is 4.79 Å². The largest absolute Gasteiger partial charge is 0.502 e. The average Bonchev–Trinajstić information content (AvgIpc) is 2.83. The summed E-state index contributed by atoms with van der Waals surface area (Å²) in [6, 6.07) is 3.12. The second-order valence-electron chi connectivity index (χ2n) is 4.51. The number of rotatable bonds is 3. The van der Waals surface area contributed by atoms with E-state index in [1.54, 1.807) is 0 Å². The van der Waals surface area contributed by atoms with Gasteiger partial charge in [0.25, 0.3) is 0 Å². The maximum absolute atomic E-state index is 11.3. The predicted molar refractivity (Wildman–Crippen MR) is 76.5 cm³/mol. The van der Waals surface area contributed by atoms with Crippen LogP contribution in [-0.4, -0.2) is 24.7 Å². The molecule has 3 rings (SSSR count). The van der Waals surface area contributed by atoms with Crippen LogP contribution in [0.1, 0.15) is 17.3 Å². The number of nitrogens with zero attached hydrogens (tertiary/aromatic N) is 4. The lowest BCUT2D eigenvalue weighted by atomic mass is 10.4. The Hall–Kier alpha value is -2.35. The van der Waals surface area contributed by atoms with Gasteiger partial charge in [-0.25, -0.2) is 4.98 Å². The molecule has 0 bridgehead atoms. The van der Waals surface area contributed by atoms with Gasteiger partial charge in [0.15, 0.2) is 16.6 Å². The van der Waals surface area contributed by atoms with E-state index in [0.29, 0.717) is 16.7 Å². The lowest BCUT2D eigenvalue weighted by Gasteiger charge is -2.03. The van der Waals surface area contributed by atoms with Crippen LogP contribution in [0.4, 0.5) is 0 Å². The van der Waals surface area contributed by atoms with Crippen LogP contribution in [0.5, 0.6) is 5.75 Å². The van der Waals surface area contributed by atoms with Crippen molar-refractivity contribution in [3.63, 3.8) is 0 Å². The minimum Gasteiger partial charge on any atom is -0.502 e. The molecule has 0 atom stereocenters. The summed E-state index contributed by atoms with van der Waals surface area (Å²) < 4.78 is 7.00. The standard InChI is InChI=1S/C13H12N4O3S/c1-7-3-12-15-16-13(17(12)8(2)14-7)21-6-9-4-10(18)11(19)5-20-9/h3-5,19H,6H2,1-2H3. The van der Waals surface area contributed by atoms with Gasteiger partial charge >= 0.3 is 0 Å². The van der Waals surface area contributed by atoms with Crippen LogP contribution < -0.4 is 5.43 Å². The molecule has 3 aromatic rings. The van der Waals surface area contributed by atoms with Crippen LogP contribution in [0.2, 0.25) is 0 Å². The lowest BCUT2D eigenvalue weighted by Crippen LogP contribution is -2.00. The predicted octanol–water partition coefficient (Wildman–Crippen LogP) is 1.69. The molecule has 0 fully saturated rings. The Kier molecular flexibility index (Phi) is 3.38. The first-order chi connectivity index (χ1) is 10.0. The first-order valence-electron chi connectivity index (χ1n) is 6.17. The molecule has 8 heteroatoms. The van der Waals surface area contributed by atoms with E-state index >= 15 is 0 Å². The van der Waals surface area contributed by atoms with Gasteiger partial charge in [0.2, 0.25) is 5.43 Å². The molecule has 0 spiro atoms. The molecule has 0 aliphatic carbocycles. The summed E-state index contributed by atoms with van der Waals surface area (Å²) in [6.07, 6.45) is 1.04. The maximum atomic E-state index is 11.3. The van der Waals surface area contributed by atoms with Gasteiger partial charge in [-0.15, -0.1) is 10.2 Å². The Balaban J connectivity index is 1.88. The Labute approximate surface area is 123 Å². The zero-order chi connectivity index (χ0) is 15.0. The fourth-order valence-electron chi connectivity index (χ4n) is 1.95. The van der Waals surface area contributed by atoms with Crippen molar-refractivity contribution in [1.82, 2.24) is 19.6 Å². The Morgan fingerprint density at radius 2 is 2.14 bits per heavy atom. The Bertz CT molecular complexity index is 871. The molecular weight excluding hydrogens is 292 g/mol. The lowest BCUT2D eigenvalue weighted by molar-refractivity contribution is 0.419. The molecule has 1 N–H and O–H groups in total. The van der Waals surface area contributed by atoms with E-state index in [1.165, 1.54) is 17.8 Å². The third-order valence-corrected chi connectivity index (χ3v) is 3.82. The summed E-state index contributed by atoms with van der Waals surface area (Å²) in [6.45, 7) is 3.79. The van der Waals surface area contributed by atoms with Gasteiger partial charge in [0, 0.05) is 17.8 Å². The van der Waals surface area contributed by atoms with Crippen LogP contribution >= 0.6 is 11.8 Å². The maximum Gasteiger partial charge on any atom is 0.226 e. The second-order valence-corrected chi connectivity index (χ2v) is 5.45. The fourth-order valence-corrected chi connectivity index (χ4v) is 2.83. The quantitative estimate of drug-likeness (QED) is 0.736. The average molecular weight is 304 g/mol. The minimum atomic E-state index is -0.462. The van der Waals surface area contributed by atoms with Gasteiger partial charge in [-0.1, -0.05) is 11.8 Å². The van der Waals surface area contributed by atoms with Crippen molar-refractivity contribution in [2.75, 3.05) is 0 Å². The monoisotopic (exact) mass is 304 g/mol. The molecule has 0 amide bonds. The van der Waals surface area contributed by atoms with Crippen molar-refractivity contribution in [2.24, 2.45) is 0 Å². The van der Waals surface area contributed by atoms with E-state index in [2.05, 4.69) is 15.2 Å². The molecule has 0 aliphatic heterocycles. The highest BCUT2D eigenvalue weighted by Crippen LogP contribution is 2.22. The zero-order valence-electron chi connectivity index (χ0n) is 11.4. The molecule has 0 radical (unpaired) electrons. The second kappa shape index (κ2) is 5.21. The van der Waals surface area contributed by atoms with E-state index < -0.39 is 11.2 Å². The van der Waals surface area contributed by atoms with Gasteiger partial charge < -0.3 is 9.52 Å². The van der Waals surface area contributed by atoms with Crippen LogP contribution in [0, 0.1) is 13.8 Å². The van der Waals surface area contributed by atoms with Crippen LogP contribution in [0.3, 0.4) is 0 Å². The number of hydrogen-bond donors (Lipinski definition) is 1. The van der Waals surface area contributed by atoms with Crippen molar-refractivity contribution in [2.45, 2.75) is 24.8 Å². The molecule has 0 saturated heterocycles. The minimum absolute atomic E-state index is 0.396. The first-order valence-corrected chi connectivity index (χ1v) is 7.16. The normalized spacial score (nSPS) is 11.1. The summed E-state index contributed by atoms with van der Waals surface area (Å²) >= 11 is 1.38. The van der Waals surface area contributed by atoms with E-state index in [4.69, 9.17) is 9.52 Å². The SMILES string of the molecule is Cc1cc2nnc(SCc3cc(=O)c(O)co3)n2c(C)n1. The number of aromatic hydroxyl groups is 1. The van der Waals surface area contributed by atoms with Gasteiger partial charge in [0.1, 0.15) is 17.8 Å². The number of aromatic nitrogens is 4. The highest BCUT2D eigenvalue weighted by Gasteiger charge is 2.11. The Morgan fingerprint density at radius 1 is 1.33 bits per heavy atom. The highest BCUT2D eigenvalue weighted by atomic mass is 32.2. The topological polar surface area (TPSA) is 93.5 Å². The van der Waals surface area contributed by atoms with Crippen molar-refractivity contribution in [1.29, 1.82) is 0 Å². The summed E-state index contributed by atoms with van der Waals surface area (Å²) in [7, 11) is 0. The third-order valence-electron chi connectivity index (χ3n) is 2.87. The molecule has 0 saturated carbocycles. The van der Waals surface area contributed by atoms with Crippen molar-refractivity contribution in [3.8, 4) is 5.75 Å². The summed E-state index contributed by atoms with van der Waals surface area (Å²) in [5.41, 5.74) is 1.15. The number of hydrogen-bond acceptors (Lipinski definition) is 7. The van der Waals surface area contributed by atoms with Crippen LogP contribution in [-0.2, 0) is 5.75 Å². The van der Waals surface area contributed by atoms with Gasteiger partial charge in [0.05, 0.1) is 5.75 Å². The molecule has 3 aromatic heterocycles. The molecule has 21 heavy (non-hydrogen) atoms. The Morgan fingerprint density at radius 3 is 2.90 bits per heavy atom. The van der Waals surface area contributed by atoms with Crippen LogP contribution in [0.25, 0.3) is 5.65 Å². The molecule has 0 aliphatic rings. The molecule has 108 valence electrons. The van der Waals surface area contributed by atoms with E-state index in [0.717, 1.165) is 23.4 Å². The number of fused-ring (bicyclic) bond motifs is 1. The summed E-state index contributed by atoms with van der Waals surface area (Å²) in [5, 5.41) is 18.0. The molecule has 7 nitrogen and oxygen atoms in total.